The van der Waals surface area contributed by atoms with E-state index in [0.29, 0.717) is 19.1 Å². The maximum Gasteiger partial charge on any atom is 0.234 e. The zero-order valence-corrected chi connectivity index (χ0v) is 10.2. The van der Waals surface area contributed by atoms with Crippen LogP contribution in [0.3, 0.4) is 0 Å². The first-order valence-electron chi connectivity index (χ1n) is 5.67. The molecule has 1 aromatic heterocycles. The molecule has 90 valence electrons. The van der Waals surface area contributed by atoms with E-state index in [1.54, 1.807) is 0 Å². The van der Waals surface area contributed by atoms with E-state index in [1.165, 1.54) is 0 Å². The third-order valence-corrected chi connectivity index (χ3v) is 2.48. The van der Waals surface area contributed by atoms with Gasteiger partial charge in [0.15, 0.2) is 0 Å². The van der Waals surface area contributed by atoms with Crippen LogP contribution in [-0.2, 0) is 11.3 Å². The monoisotopic (exact) mass is 224 g/mol. The van der Waals surface area contributed by atoms with Crippen LogP contribution in [0.5, 0.6) is 0 Å². The quantitative estimate of drug-likeness (QED) is 0.771. The Hall–Kier alpha value is -1.29. The van der Waals surface area contributed by atoms with Gasteiger partial charge < -0.3 is 15.1 Å². The topological polar surface area (TPSA) is 54.3 Å². The molecule has 0 saturated heterocycles. The lowest BCUT2D eigenvalue weighted by Gasteiger charge is -2.10. The average molecular weight is 224 g/mol. The van der Waals surface area contributed by atoms with Gasteiger partial charge in [-0.05, 0) is 32.4 Å². The van der Waals surface area contributed by atoms with E-state index in [2.05, 4.69) is 24.5 Å². The molecule has 1 atom stereocenters. The van der Waals surface area contributed by atoms with Crippen molar-refractivity contribution in [1.82, 2.24) is 10.6 Å². The van der Waals surface area contributed by atoms with Crippen molar-refractivity contribution in [1.29, 1.82) is 0 Å². The first-order valence-corrected chi connectivity index (χ1v) is 5.67. The fraction of sp³-hybridized carbons (Fsp3) is 0.583. The summed E-state index contributed by atoms with van der Waals surface area (Å²) < 4.78 is 5.35. The summed E-state index contributed by atoms with van der Waals surface area (Å²) in [5.41, 5.74) is 0. The molecule has 1 rings (SSSR count). The van der Waals surface area contributed by atoms with E-state index in [-0.39, 0.29) is 5.91 Å². The molecule has 0 bridgehead atoms. The van der Waals surface area contributed by atoms with Crippen molar-refractivity contribution in [3.05, 3.63) is 23.7 Å². The zero-order chi connectivity index (χ0) is 12.0. The molecule has 0 aliphatic carbocycles. The van der Waals surface area contributed by atoms with Crippen LogP contribution in [0.1, 0.15) is 31.8 Å². The summed E-state index contributed by atoms with van der Waals surface area (Å²) in [5.74, 6) is 1.64. The van der Waals surface area contributed by atoms with E-state index in [0.717, 1.165) is 17.9 Å². The van der Waals surface area contributed by atoms with Crippen LogP contribution in [-0.4, -0.2) is 18.5 Å². The molecule has 4 heteroatoms. The van der Waals surface area contributed by atoms with Gasteiger partial charge in [-0.3, -0.25) is 4.79 Å². The summed E-state index contributed by atoms with van der Waals surface area (Å²) in [7, 11) is 0. The maximum absolute atomic E-state index is 11.4. The molecule has 0 fully saturated rings. The number of carbonyl (C=O) groups excluding carboxylic acids is 1. The lowest BCUT2D eigenvalue weighted by molar-refractivity contribution is -0.120. The standard InChI is InChI=1S/C12H20N2O2/c1-4-9(2)13-8-12(15)14-7-11-6-5-10(3)16-11/h5-6,9,13H,4,7-8H2,1-3H3,(H,14,15). The average Bonchev–Trinajstić information content (AvgIpc) is 2.69. The summed E-state index contributed by atoms with van der Waals surface area (Å²) in [4.78, 5) is 11.4. The lowest BCUT2D eigenvalue weighted by atomic mass is 10.2. The molecule has 1 heterocycles. The molecule has 0 radical (unpaired) electrons. The molecule has 0 aliphatic heterocycles. The summed E-state index contributed by atoms with van der Waals surface area (Å²) in [6.45, 7) is 6.84. The van der Waals surface area contributed by atoms with Gasteiger partial charge in [0.25, 0.3) is 0 Å². The predicted octanol–water partition coefficient (Wildman–Crippen LogP) is 1.59. The van der Waals surface area contributed by atoms with Crippen molar-refractivity contribution < 1.29 is 9.21 Å². The molecule has 0 aliphatic rings. The minimum absolute atomic E-state index is 0.00523. The molecule has 16 heavy (non-hydrogen) atoms. The zero-order valence-electron chi connectivity index (χ0n) is 10.2. The predicted molar refractivity (Wildman–Crippen MR) is 63.0 cm³/mol. The molecule has 0 saturated carbocycles. The number of hydrogen-bond donors (Lipinski definition) is 2. The largest absolute Gasteiger partial charge is 0.465 e. The number of carbonyl (C=O) groups is 1. The number of furan rings is 1. The molecule has 1 amide bonds. The van der Waals surface area contributed by atoms with Crippen molar-refractivity contribution in [2.24, 2.45) is 0 Å². The van der Waals surface area contributed by atoms with E-state index in [1.807, 2.05) is 19.1 Å². The number of nitrogens with one attached hydrogen (secondary N) is 2. The van der Waals surface area contributed by atoms with E-state index >= 15 is 0 Å². The molecule has 1 unspecified atom stereocenters. The second-order valence-electron chi connectivity index (χ2n) is 3.98. The van der Waals surface area contributed by atoms with Crippen molar-refractivity contribution in [2.75, 3.05) is 6.54 Å². The Morgan fingerprint density at radius 2 is 2.25 bits per heavy atom. The number of amides is 1. The highest BCUT2D eigenvalue weighted by atomic mass is 16.3. The number of rotatable bonds is 6. The van der Waals surface area contributed by atoms with Gasteiger partial charge in [0.1, 0.15) is 11.5 Å². The van der Waals surface area contributed by atoms with Crippen LogP contribution >= 0.6 is 0 Å². The molecule has 0 spiro atoms. The van der Waals surface area contributed by atoms with E-state index in [4.69, 9.17) is 4.42 Å². The fourth-order valence-electron chi connectivity index (χ4n) is 1.24. The second kappa shape index (κ2) is 6.33. The number of aryl methyl sites for hydroxylation is 1. The first-order chi connectivity index (χ1) is 7.61. The normalized spacial score (nSPS) is 12.4. The number of hydrogen-bond acceptors (Lipinski definition) is 3. The van der Waals surface area contributed by atoms with Crippen LogP contribution in [0.25, 0.3) is 0 Å². The fourth-order valence-corrected chi connectivity index (χ4v) is 1.24. The van der Waals surface area contributed by atoms with Gasteiger partial charge in [-0.15, -0.1) is 0 Å². The van der Waals surface area contributed by atoms with Crippen LogP contribution in [0.4, 0.5) is 0 Å². The maximum atomic E-state index is 11.4. The highest BCUT2D eigenvalue weighted by Gasteiger charge is 2.04. The van der Waals surface area contributed by atoms with Gasteiger partial charge in [-0.25, -0.2) is 0 Å². The van der Waals surface area contributed by atoms with Gasteiger partial charge in [-0.2, -0.15) is 0 Å². The molecule has 2 N–H and O–H groups in total. The van der Waals surface area contributed by atoms with Gasteiger partial charge in [-0.1, -0.05) is 6.92 Å². The molecular formula is C12H20N2O2. The second-order valence-corrected chi connectivity index (χ2v) is 3.98. The Balaban J connectivity index is 2.20. The Morgan fingerprint density at radius 1 is 1.50 bits per heavy atom. The molecule has 1 aromatic rings. The summed E-state index contributed by atoms with van der Waals surface area (Å²) in [5, 5.41) is 5.93. The molecule has 4 nitrogen and oxygen atoms in total. The van der Waals surface area contributed by atoms with Crippen molar-refractivity contribution >= 4 is 5.91 Å². The first kappa shape index (κ1) is 12.8. The Bertz CT molecular complexity index is 334. The summed E-state index contributed by atoms with van der Waals surface area (Å²) >= 11 is 0. The van der Waals surface area contributed by atoms with Gasteiger partial charge in [0.05, 0.1) is 13.1 Å². The third kappa shape index (κ3) is 4.49. The van der Waals surface area contributed by atoms with Crippen molar-refractivity contribution in [3.63, 3.8) is 0 Å². The van der Waals surface area contributed by atoms with E-state index in [9.17, 15) is 4.79 Å². The minimum Gasteiger partial charge on any atom is -0.465 e. The van der Waals surface area contributed by atoms with Crippen molar-refractivity contribution in [2.45, 2.75) is 39.8 Å². The molecular weight excluding hydrogens is 204 g/mol. The van der Waals surface area contributed by atoms with Crippen LogP contribution in [0.2, 0.25) is 0 Å². The lowest BCUT2D eigenvalue weighted by Crippen LogP contribution is -2.37. The van der Waals surface area contributed by atoms with Gasteiger partial charge in [0, 0.05) is 6.04 Å². The Kier molecular flexibility index (Phi) is 5.05. The SMILES string of the molecule is CCC(C)NCC(=O)NCc1ccc(C)o1. The third-order valence-electron chi connectivity index (χ3n) is 2.48. The summed E-state index contributed by atoms with van der Waals surface area (Å²) in [6, 6.07) is 4.13. The minimum atomic E-state index is -0.00523. The van der Waals surface area contributed by atoms with Gasteiger partial charge >= 0.3 is 0 Å². The van der Waals surface area contributed by atoms with Crippen LogP contribution < -0.4 is 10.6 Å². The highest BCUT2D eigenvalue weighted by Crippen LogP contribution is 2.05. The Labute approximate surface area is 96.4 Å². The van der Waals surface area contributed by atoms with Crippen molar-refractivity contribution in [3.8, 4) is 0 Å². The summed E-state index contributed by atoms with van der Waals surface area (Å²) in [6.07, 6.45) is 1.02. The van der Waals surface area contributed by atoms with Gasteiger partial charge in [0.2, 0.25) is 5.91 Å². The highest BCUT2D eigenvalue weighted by molar-refractivity contribution is 5.77. The molecule has 0 aromatic carbocycles. The van der Waals surface area contributed by atoms with Crippen LogP contribution in [0.15, 0.2) is 16.5 Å². The Morgan fingerprint density at radius 3 is 2.81 bits per heavy atom. The smallest absolute Gasteiger partial charge is 0.234 e. The van der Waals surface area contributed by atoms with Crippen LogP contribution in [0, 0.1) is 6.92 Å². The van der Waals surface area contributed by atoms with E-state index < -0.39 is 0 Å².